The number of carbonyl (C=O) groups is 1. The van der Waals surface area contributed by atoms with Gasteiger partial charge in [-0.3, -0.25) is 0 Å². The van der Waals surface area contributed by atoms with Gasteiger partial charge in [-0.1, -0.05) is 0 Å². The summed E-state index contributed by atoms with van der Waals surface area (Å²) in [5, 5.41) is 0. The van der Waals surface area contributed by atoms with Gasteiger partial charge >= 0.3 is 5.97 Å². The Kier molecular flexibility index (Phi) is 4.02. The highest BCUT2D eigenvalue weighted by atomic mass is 16.5. The van der Waals surface area contributed by atoms with E-state index in [1.54, 1.807) is 19.2 Å². The zero-order valence-corrected chi connectivity index (χ0v) is 12.1. The number of anilines is 1. The van der Waals surface area contributed by atoms with Crippen molar-refractivity contribution < 1.29 is 9.53 Å². The molecule has 2 rings (SSSR count). The van der Waals surface area contributed by atoms with Gasteiger partial charge in [0.05, 0.1) is 24.9 Å². The van der Waals surface area contributed by atoms with Gasteiger partial charge in [-0.05, 0) is 19.1 Å². The molecular weight excluding hydrogens is 256 g/mol. The summed E-state index contributed by atoms with van der Waals surface area (Å²) in [6, 6.07) is 3.54. The molecule has 0 fully saturated rings. The number of hydrogen-bond acceptors (Lipinski definition) is 5. The molecule has 0 aliphatic heterocycles. The molecule has 0 radical (unpaired) electrons. The number of nitrogens with zero attached hydrogens (tertiary/aromatic N) is 4. The van der Waals surface area contributed by atoms with Gasteiger partial charge < -0.3 is 14.2 Å². The Morgan fingerprint density at radius 2 is 2.20 bits per heavy atom. The number of esters is 1. The number of carbonyl (C=O) groups excluding carboxylic acids is 1. The van der Waals surface area contributed by atoms with Crippen LogP contribution in [0.5, 0.6) is 0 Å². The minimum absolute atomic E-state index is 0.367. The minimum atomic E-state index is -0.367. The van der Waals surface area contributed by atoms with E-state index in [1.165, 1.54) is 7.11 Å². The molecule has 2 aromatic heterocycles. The first-order valence-electron chi connectivity index (χ1n) is 6.26. The maximum Gasteiger partial charge on any atom is 0.339 e. The summed E-state index contributed by atoms with van der Waals surface area (Å²) in [4.78, 5) is 22.2. The Balaban J connectivity index is 2.19. The lowest BCUT2D eigenvalue weighted by molar-refractivity contribution is 0.0599. The third kappa shape index (κ3) is 2.79. The molecule has 0 saturated carbocycles. The molecule has 6 nitrogen and oxygen atoms in total. The predicted molar refractivity (Wildman–Crippen MR) is 75.6 cm³/mol. The highest BCUT2D eigenvalue weighted by molar-refractivity contribution is 5.90. The lowest BCUT2D eigenvalue weighted by atomic mass is 10.2. The maximum absolute atomic E-state index is 11.5. The minimum Gasteiger partial charge on any atom is -0.465 e. The molecule has 20 heavy (non-hydrogen) atoms. The highest BCUT2D eigenvalue weighted by Gasteiger charge is 2.13. The quantitative estimate of drug-likeness (QED) is 0.792. The molecule has 106 valence electrons. The van der Waals surface area contributed by atoms with E-state index in [2.05, 4.69) is 9.97 Å². The molecule has 0 unspecified atom stereocenters. The molecule has 2 heterocycles. The normalized spacial score (nSPS) is 10.4. The monoisotopic (exact) mass is 274 g/mol. The van der Waals surface area contributed by atoms with Crippen molar-refractivity contribution in [3.05, 3.63) is 41.6 Å². The van der Waals surface area contributed by atoms with Crippen LogP contribution in [0.3, 0.4) is 0 Å². The highest BCUT2D eigenvalue weighted by Crippen LogP contribution is 2.16. The summed E-state index contributed by atoms with van der Waals surface area (Å²) in [7, 11) is 5.26. The van der Waals surface area contributed by atoms with Gasteiger partial charge in [0.15, 0.2) is 0 Å². The van der Waals surface area contributed by atoms with Crippen LogP contribution in [0.15, 0.2) is 24.5 Å². The molecule has 6 heteroatoms. The van der Waals surface area contributed by atoms with Crippen molar-refractivity contribution >= 4 is 11.8 Å². The van der Waals surface area contributed by atoms with E-state index in [0.717, 1.165) is 11.6 Å². The van der Waals surface area contributed by atoms with Crippen molar-refractivity contribution in [1.82, 2.24) is 14.5 Å². The van der Waals surface area contributed by atoms with Crippen molar-refractivity contribution in [3.8, 4) is 0 Å². The maximum atomic E-state index is 11.5. The van der Waals surface area contributed by atoms with Crippen LogP contribution < -0.4 is 4.90 Å². The molecular formula is C14H18N4O2. The van der Waals surface area contributed by atoms with Crippen LogP contribution in [0.1, 0.15) is 21.9 Å². The molecule has 0 saturated heterocycles. The van der Waals surface area contributed by atoms with E-state index in [0.29, 0.717) is 17.8 Å². The van der Waals surface area contributed by atoms with Gasteiger partial charge in [0.25, 0.3) is 0 Å². The van der Waals surface area contributed by atoms with Crippen LogP contribution in [0.4, 0.5) is 5.82 Å². The van der Waals surface area contributed by atoms with Gasteiger partial charge in [0.2, 0.25) is 0 Å². The van der Waals surface area contributed by atoms with Crippen molar-refractivity contribution in [2.45, 2.75) is 13.5 Å². The number of aryl methyl sites for hydroxylation is 2. The third-order valence-electron chi connectivity index (χ3n) is 3.17. The van der Waals surface area contributed by atoms with Gasteiger partial charge in [-0.2, -0.15) is 0 Å². The van der Waals surface area contributed by atoms with Crippen molar-refractivity contribution in [2.75, 3.05) is 19.1 Å². The van der Waals surface area contributed by atoms with E-state index >= 15 is 0 Å². The van der Waals surface area contributed by atoms with Gasteiger partial charge in [-0.25, -0.2) is 14.8 Å². The topological polar surface area (TPSA) is 60.2 Å². The van der Waals surface area contributed by atoms with Crippen molar-refractivity contribution in [2.24, 2.45) is 7.05 Å². The summed E-state index contributed by atoms with van der Waals surface area (Å²) in [6.07, 6.45) is 3.67. The van der Waals surface area contributed by atoms with Crippen LogP contribution in [-0.2, 0) is 18.3 Å². The van der Waals surface area contributed by atoms with Gasteiger partial charge in [-0.15, -0.1) is 0 Å². The molecule has 0 aliphatic carbocycles. The Bertz CT molecular complexity index is 621. The fraction of sp³-hybridized carbons (Fsp3) is 0.357. The lowest BCUT2D eigenvalue weighted by Gasteiger charge is -2.18. The van der Waals surface area contributed by atoms with E-state index in [4.69, 9.17) is 4.74 Å². The van der Waals surface area contributed by atoms with E-state index in [1.807, 2.05) is 35.8 Å². The second-order valence-electron chi connectivity index (χ2n) is 4.60. The number of hydrogen-bond donors (Lipinski definition) is 0. The second-order valence-corrected chi connectivity index (χ2v) is 4.60. The first kappa shape index (κ1) is 14.0. The lowest BCUT2D eigenvalue weighted by Crippen LogP contribution is -2.20. The standard InChI is InChI=1S/C14H18N4O2/c1-10-11(14(19)20-4)5-6-12(16-10)18(3)9-13-15-7-8-17(13)2/h5-8H,9H2,1-4H3. The van der Waals surface area contributed by atoms with E-state index in [9.17, 15) is 4.79 Å². The Hall–Kier alpha value is -2.37. The molecule has 0 amide bonds. The summed E-state index contributed by atoms with van der Waals surface area (Å²) in [5.74, 6) is 1.37. The van der Waals surface area contributed by atoms with Crippen LogP contribution in [0, 0.1) is 6.92 Å². The number of pyridine rings is 1. The first-order valence-corrected chi connectivity index (χ1v) is 6.26. The number of rotatable bonds is 4. The number of ether oxygens (including phenoxy) is 1. The SMILES string of the molecule is COC(=O)c1ccc(N(C)Cc2nccn2C)nc1C. The summed E-state index contributed by atoms with van der Waals surface area (Å²) >= 11 is 0. The van der Waals surface area contributed by atoms with Crippen LogP contribution >= 0.6 is 0 Å². The van der Waals surface area contributed by atoms with E-state index < -0.39 is 0 Å². The fourth-order valence-corrected chi connectivity index (χ4v) is 1.93. The molecule has 0 aliphatic rings. The molecule has 0 bridgehead atoms. The van der Waals surface area contributed by atoms with Crippen molar-refractivity contribution in [3.63, 3.8) is 0 Å². The Morgan fingerprint density at radius 1 is 1.45 bits per heavy atom. The molecule has 2 aromatic rings. The third-order valence-corrected chi connectivity index (χ3v) is 3.17. The first-order chi connectivity index (χ1) is 9.52. The number of methoxy groups -OCH3 is 1. The van der Waals surface area contributed by atoms with Crippen LogP contribution in [0.25, 0.3) is 0 Å². The molecule has 0 atom stereocenters. The zero-order chi connectivity index (χ0) is 14.7. The van der Waals surface area contributed by atoms with E-state index in [-0.39, 0.29) is 5.97 Å². The Labute approximate surface area is 118 Å². The second kappa shape index (κ2) is 5.73. The largest absolute Gasteiger partial charge is 0.465 e. The van der Waals surface area contributed by atoms with Gasteiger partial charge in [0, 0.05) is 26.5 Å². The van der Waals surface area contributed by atoms with Crippen LogP contribution in [0.2, 0.25) is 0 Å². The summed E-state index contributed by atoms with van der Waals surface area (Å²) < 4.78 is 6.68. The number of imidazole rings is 1. The number of aromatic nitrogens is 3. The summed E-state index contributed by atoms with van der Waals surface area (Å²) in [6.45, 7) is 2.44. The summed E-state index contributed by atoms with van der Waals surface area (Å²) in [5.41, 5.74) is 1.14. The average Bonchev–Trinajstić information content (AvgIpc) is 2.83. The molecule has 0 aromatic carbocycles. The fourth-order valence-electron chi connectivity index (χ4n) is 1.93. The average molecular weight is 274 g/mol. The van der Waals surface area contributed by atoms with Crippen LogP contribution in [-0.4, -0.2) is 34.7 Å². The predicted octanol–water partition coefficient (Wildman–Crippen LogP) is 1.55. The smallest absolute Gasteiger partial charge is 0.339 e. The zero-order valence-electron chi connectivity index (χ0n) is 12.1. The molecule has 0 spiro atoms. The Morgan fingerprint density at radius 3 is 2.75 bits per heavy atom. The van der Waals surface area contributed by atoms with Gasteiger partial charge in [0.1, 0.15) is 11.6 Å². The molecule has 0 N–H and O–H groups in total. The van der Waals surface area contributed by atoms with Crippen molar-refractivity contribution in [1.29, 1.82) is 0 Å².